The van der Waals surface area contributed by atoms with Crippen LogP contribution in [-0.2, 0) is 16.1 Å². The monoisotopic (exact) mass is 532 g/mol. The summed E-state index contributed by atoms with van der Waals surface area (Å²) in [6, 6.07) is 14.9. The van der Waals surface area contributed by atoms with E-state index in [9.17, 15) is 28.0 Å². The summed E-state index contributed by atoms with van der Waals surface area (Å²) in [4.78, 5) is 54.0. The average Bonchev–Trinajstić information content (AvgIpc) is 3.20. The molecule has 3 aliphatic heterocycles. The smallest absolute Gasteiger partial charge is 0.259 e. The lowest BCUT2D eigenvalue weighted by Crippen LogP contribution is -2.53. The minimum absolute atomic E-state index is 0.140. The van der Waals surface area contributed by atoms with E-state index in [-0.39, 0.29) is 43.4 Å². The minimum atomic E-state index is -2.59. The highest BCUT2D eigenvalue weighted by Gasteiger charge is 2.41. The number of amides is 4. The number of nitrogens with one attached hydrogen (secondary N) is 2. The van der Waals surface area contributed by atoms with Gasteiger partial charge in [0, 0.05) is 66.5 Å². The van der Waals surface area contributed by atoms with Crippen molar-refractivity contribution in [3.8, 4) is 0 Å². The van der Waals surface area contributed by atoms with E-state index in [0.29, 0.717) is 52.9 Å². The summed E-state index contributed by atoms with van der Waals surface area (Å²) >= 11 is 0. The zero-order chi connectivity index (χ0) is 27.3. The standard InChI is InChI=1S/C29H26F2N4O4/c30-29(31)12-14-34(15-13-29)16-17-4-6-18(7-5-17)26(37)32-21-8-9-22-25-19(21)2-1-3-20(25)28(39)35(22)23-10-11-24(36)33-27(23)38/h1-9,23H,10-16H2,(H,32,37)(H,33,36,38). The first-order valence-corrected chi connectivity index (χ1v) is 12.9. The number of nitrogens with zero attached hydrogens (tertiary/aromatic N) is 2. The number of imide groups is 1. The lowest BCUT2D eigenvalue weighted by molar-refractivity contribution is -0.134. The molecule has 10 heteroatoms. The fraction of sp³-hybridized carbons (Fsp3) is 0.310. The number of hydrogen-bond acceptors (Lipinski definition) is 5. The van der Waals surface area contributed by atoms with Gasteiger partial charge in [-0.25, -0.2) is 8.78 Å². The molecule has 8 nitrogen and oxygen atoms in total. The van der Waals surface area contributed by atoms with Gasteiger partial charge in [-0.2, -0.15) is 0 Å². The van der Waals surface area contributed by atoms with Gasteiger partial charge in [-0.05, 0) is 42.3 Å². The Morgan fingerprint density at radius 2 is 1.74 bits per heavy atom. The molecule has 3 heterocycles. The second-order valence-electron chi connectivity index (χ2n) is 10.3. The zero-order valence-corrected chi connectivity index (χ0v) is 21.0. The van der Waals surface area contributed by atoms with Gasteiger partial charge < -0.3 is 5.32 Å². The predicted molar refractivity (Wildman–Crippen MR) is 141 cm³/mol. The molecule has 2 N–H and O–H groups in total. The van der Waals surface area contributed by atoms with Crippen LogP contribution >= 0.6 is 0 Å². The Hall–Kier alpha value is -4.18. The van der Waals surface area contributed by atoms with E-state index in [4.69, 9.17) is 0 Å². The van der Waals surface area contributed by atoms with Crippen molar-refractivity contribution in [2.24, 2.45) is 0 Å². The molecule has 0 saturated carbocycles. The Bertz CT molecular complexity index is 1510. The van der Waals surface area contributed by atoms with Crippen LogP contribution in [0.15, 0.2) is 54.6 Å². The molecule has 0 aliphatic carbocycles. The number of rotatable bonds is 5. The molecule has 2 saturated heterocycles. The third kappa shape index (κ3) is 4.65. The minimum Gasteiger partial charge on any atom is -0.321 e. The maximum absolute atomic E-state index is 13.4. The van der Waals surface area contributed by atoms with Gasteiger partial charge in [0.15, 0.2) is 0 Å². The number of carbonyl (C=O) groups excluding carboxylic acids is 4. The molecule has 0 bridgehead atoms. The normalized spacial score (nSPS) is 20.8. The van der Waals surface area contributed by atoms with Crippen molar-refractivity contribution in [1.82, 2.24) is 10.2 Å². The number of halogens is 2. The highest BCUT2D eigenvalue weighted by Crippen LogP contribution is 2.42. The summed E-state index contributed by atoms with van der Waals surface area (Å²) in [6.45, 7) is 1.22. The topological polar surface area (TPSA) is 98.8 Å². The highest BCUT2D eigenvalue weighted by molar-refractivity contribution is 6.29. The van der Waals surface area contributed by atoms with E-state index < -0.39 is 17.9 Å². The average molecular weight is 533 g/mol. The van der Waals surface area contributed by atoms with Crippen LogP contribution in [0, 0.1) is 0 Å². The van der Waals surface area contributed by atoms with E-state index in [1.54, 1.807) is 36.4 Å². The second kappa shape index (κ2) is 9.53. The predicted octanol–water partition coefficient (Wildman–Crippen LogP) is 4.09. The molecule has 4 amide bonds. The van der Waals surface area contributed by atoms with E-state index >= 15 is 0 Å². The zero-order valence-electron chi connectivity index (χ0n) is 21.0. The maximum Gasteiger partial charge on any atom is 0.259 e. The number of piperidine rings is 2. The van der Waals surface area contributed by atoms with Crippen molar-refractivity contribution in [2.75, 3.05) is 23.3 Å². The van der Waals surface area contributed by atoms with Crippen molar-refractivity contribution in [1.29, 1.82) is 0 Å². The quantitative estimate of drug-likeness (QED) is 0.483. The fourth-order valence-corrected chi connectivity index (χ4v) is 5.61. The first-order valence-electron chi connectivity index (χ1n) is 12.9. The first-order chi connectivity index (χ1) is 18.7. The number of hydrogen-bond donors (Lipinski definition) is 2. The molecule has 3 aromatic carbocycles. The molecule has 6 rings (SSSR count). The van der Waals surface area contributed by atoms with Gasteiger partial charge in [0.05, 0.1) is 5.69 Å². The van der Waals surface area contributed by atoms with Crippen molar-refractivity contribution in [3.63, 3.8) is 0 Å². The summed E-state index contributed by atoms with van der Waals surface area (Å²) in [5, 5.41) is 6.55. The SMILES string of the molecule is O=C1CCC(N2C(=O)c3cccc4c(NC(=O)c5ccc(CN6CCC(F)(F)CC6)cc5)ccc2c34)C(=O)N1. The Labute approximate surface area is 222 Å². The number of carbonyl (C=O) groups is 4. The Morgan fingerprint density at radius 1 is 1.00 bits per heavy atom. The van der Waals surface area contributed by atoms with Crippen molar-refractivity contribution >= 4 is 45.8 Å². The van der Waals surface area contributed by atoms with Crippen molar-refractivity contribution in [2.45, 2.75) is 44.2 Å². The van der Waals surface area contributed by atoms with Crippen LogP contribution in [-0.4, -0.2) is 53.6 Å². The Kier molecular flexibility index (Phi) is 6.14. The Balaban J connectivity index is 1.20. The molecule has 3 aromatic rings. The van der Waals surface area contributed by atoms with Gasteiger partial charge in [-0.15, -0.1) is 0 Å². The van der Waals surface area contributed by atoms with Gasteiger partial charge >= 0.3 is 0 Å². The van der Waals surface area contributed by atoms with E-state index in [0.717, 1.165) is 5.56 Å². The van der Waals surface area contributed by atoms with Crippen LogP contribution in [0.1, 0.15) is 52.0 Å². The fourth-order valence-electron chi connectivity index (χ4n) is 5.61. The second-order valence-corrected chi connectivity index (χ2v) is 10.3. The summed E-state index contributed by atoms with van der Waals surface area (Å²) in [7, 11) is 0. The van der Waals surface area contributed by atoms with Crippen LogP contribution in [0.25, 0.3) is 10.8 Å². The van der Waals surface area contributed by atoms with Crippen LogP contribution in [0.3, 0.4) is 0 Å². The molecule has 1 atom stereocenters. The summed E-state index contributed by atoms with van der Waals surface area (Å²) in [5.74, 6) is -4.09. The van der Waals surface area contributed by atoms with Crippen LogP contribution in [0.2, 0.25) is 0 Å². The third-order valence-electron chi connectivity index (χ3n) is 7.71. The molecule has 3 aliphatic rings. The lowest BCUT2D eigenvalue weighted by Gasteiger charge is -2.31. The van der Waals surface area contributed by atoms with Crippen LogP contribution in [0.5, 0.6) is 0 Å². The molecular formula is C29H26F2N4O4. The van der Waals surface area contributed by atoms with Crippen LogP contribution < -0.4 is 15.5 Å². The molecular weight excluding hydrogens is 506 g/mol. The van der Waals surface area contributed by atoms with Crippen molar-refractivity contribution < 1.29 is 28.0 Å². The largest absolute Gasteiger partial charge is 0.321 e. The van der Waals surface area contributed by atoms with Crippen molar-refractivity contribution in [3.05, 3.63) is 71.3 Å². The van der Waals surface area contributed by atoms with E-state index in [2.05, 4.69) is 10.6 Å². The first kappa shape index (κ1) is 25.1. The molecule has 39 heavy (non-hydrogen) atoms. The van der Waals surface area contributed by atoms with E-state index in [1.807, 2.05) is 23.1 Å². The summed E-state index contributed by atoms with van der Waals surface area (Å²) in [6.07, 6.45) is 0.114. The molecule has 0 aromatic heterocycles. The number of anilines is 2. The highest BCUT2D eigenvalue weighted by atomic mass is 19.3. The summed E-state index contributed by atoms with van der Waals surface area (Å²) < 4.78 is 26.8. The molecule has 200 valence electrons. The van der Waals surface area contributed by atoms with Gasteiger partial charge in [0.1, 0.15) is 6.04 Å². The number of benzene rings is 3. The van der Waals surface area contributed by atoms with Gasteiger partial charge in [-0.3, -0.25) is 34.3 Å². The van der Waals surface area contributed by atoms with Crippen LogP contribution in [0.4, 0.5) is 20.2 Å². The maximum atomic E-state index is 13.4. The molecule has 2 fully saturated rings. The van der Waals surface area contributed by atoms with Gasteiger partial charge in [0.25, 0.3) is 17.7 Å². The van der Waals surface area contributed by atoms with Gasteiger partial charge in [-0.1, -0.05) is 24.3 Å². The third-order valence-corrected chi connectivity index (χ3v) is 7.71. The molecule has 1 unspecified atom stereocenters. The summed E-state index contributed by atoms with van der Waals surface area (Å²) in [5.41, 5.74) is 2.90. The number of alkyl halides is 2. The van der Waals surface area contributed by atoms with Gasteiger partial charge in [0.2, 0.25) is 11.8 Å². The Morgan fingerprint density at radius 3 is 2.46 bits per heavy atom. The molecule has 0 spiro atoms. The lowest BCUT2D eigenvalue weighted by atomic mass is 10.0. The number of likely N-dealkylation sites (tertiary alicyclic amines) is 1. The van der Waals surface area contributed by atoms with E-state index in [1.165, 1.54) is 4.90 Å². The molecule has 0 radical (unpaired) electrons.